The van der Waals surface area contributed by atoms with Gasteiger partial charge in [-0.3, -0.25) is 0 Å². The van der Waals surface area contributed by atoms with Crippen LogP contribution in [0.4, 0.5) is 0 Å². The van der Waals surface area contributed by atoms with E-state index in [0.717, 1.165) is 11.0 Å². The van der Waals surface area contributed by atoms with Crippen LogP contribution in [0.3, 0.4) is 0 Å². The van der Waals surface area contributed by atoms with Crippen LogP contribution in [0, 0.1) is 0 Å². The molecule has 1 unspecified atom stereocenters. The second-order valence-corrected chi connectivity index (χ2v) is 1.92. The molecular formula is C8H11N2P. The van der Waals surface area contributed by atoms with Gasteiger partial charge in [0.2, 0.25) is 0 Å². The maximum Gasteiger partial charge on any atom is 0.0931 e. The maximum atomic E-state index is 4.06. The van der Waals surface area contributed by atoms with Crippen LogP contribution >= 0.6 is 9.24 Å². The fraction of sp³-hybridized carbons (Fsp3) is 0.125. The van der Waals surface area contributed by atoms with Gasteiger partial charge in [-0.1, -0.05) is 18.8 Å². The van der Waals surface area contributed by atoms with E-state index in [1.165, 1.54) is 0 Å². The Morgan fingerprint density at radius 2 is 2.00 bits per heavy atom. The summed E-state index contributed by atoms with van der Waals surface area (Å²) in [5.41, 5.74) is 2.12. The van der Waals surface area contributed by atoms with E-state index in [9.17, 15) is 0 Å². The van der Waals surface area contributed by atoms with Crippen molar-refractivity contribution in [3.8, 4) is 0 Å². The van der Waals surface area contributed by atoms with E-state index < -0.39 is 0 Å². The lowest BCUT2D eigenvalue weighted by molar-refractivity contribution is 1.34. The molecule has 0 fully saturated rings. The maximum absolute atomic E-state index is 4.06. The molecule has 0 amide bonds. The Balaban J connectivity index is 0.000000281. The zero-order valence-corrected chi connectivity index (χ0v) is 7.57. The van der Waals surface area contributed by atoms with Gasteiger partial charge in [-0.05, 0) is 12.1 Å². The largest absolute Gasteiger partial charge is 0.345 e. The smallest absolute Gasteiger partial charge is 0.0931 e. The summed E-state index contributed by atoms with van der Waals surface area (Å²) in [4.78, 5) is 7.07. The summed E-state index contributed by atoms with van der Waals surface area (Å²) < 4.78 is 0. The number of hydrogen-bond acceptors (Lipinski definition) is 1. The summed E-state index contributed by atoms with van der Waals surface area (Å²) in [6.07, 6.45) is 1.70. The molecule has 0 spiro atoms. The zero-order valence-electron chi connectivity index (χ0n) is 6.41. The Kier molecular flexibility index (Phi) is 3.06. The molecule has 0 saturated carbocycles. The number of hydrogen-bond donors (Lipinski definition) is 1. The summed E-state index contributed by atoms with van der Waals surface area (Å²) in [5, 5.41) is 0. The first-order valence-corrected chi connectivity index (χ1v) is 4.58. The number of fused-ring (bicyclic) bond motifs is 1. The summed E-state index contributed by atoms with van der Waals surface area (Å²) >= 11 is 0. The number of imidazole rings is 1. The van der Waals surface area contributed by atoms with Crippen molar-refractivity contribution in [3.63, 3.8) is 0 Å². The topological polar surface area (TPSA) is 28.7 Å². The molecule has 11 heavy (non-hydrogen) atoms. The highest BCUT2D eigenvalue weighted by atomic mass is 31.0. The van der Waals surface area contributed by atoms with Crippen molar-refractivity contribution in [3.05, 3.63) is 30.6 Å². The van der Waals surface area contributed by atoms with Crippen LogP contribution in [0.25, 0.3) is 11.0 Å². The number of nitrogens with zero attached hydrogens (tertiary/aromatic N) is 1. The molecule has 2 rings (SSSR count). The van der Waals surface area contributed by atoms with Gasteiger partial charge in [-0.15, -0.1) is 9.24 Å². The summed E-state index contributed by atoms with van der Waals surface area (Å²) in [6.45, 7) is 1.92. The molecule has 0 radical (unpaired) electrons. The minimum atomic E-state index is 1.03. The average Bonchev–Trinajstić information content (AvgIpc) is 2.55. The van der Waals surface area contributed by atoms with Crippen LogP contribution < -0.4 is 0 Å². The third-order valence-electron chi connectivity index (χ3n) is 1.33. The van der Waals surface area contributed by atoms with E-state index in [1.54, 1.807) is 6.33 Å². The molecule has 58 valence electrons. The van der Waals surface area contributed by atoms with Gasteiger partial charge in [0.25, 0.3) is 0 Å². The molecule has 0 aliphatic carbocycles. The van der Waals surface area contributed by atoms with Gasteiger partial charge in [0.05, 0.1) is 17.4 Å². The quantitative estimate of drug-likeness (QED) is 0.596. The molecule has 1 atom stereocenters. The Morgan fingerprint density at radius 1 is 1.27 bits per heavy atom. The SMILES string of the molecule is CP.c1ccc2[nH]cnc2c1. The van der Waals surface area contributed by atoms with Crippen molar-refractivity contribution in [1.29, 1.82) is 0 Å². The Labute approximate surface area is 68.2 Å². The number of aromatic amines is 1. The van der Waals surface area contributed by atoms with Gasteiger partial charge in [-0.25, -0.2) is 4.98 Å². The van der Waals surface area contributed by atoms with Gasteiger partial charge >= 0.3 is 0 Å². The first-order chi connectivity index (χ1) is 5.47. The monoisotopic (exact) mass is 166 g/mol. The highest BCUT2D eigenvalue weighted by molar-refractivity contribution is 7.15. The van der Waals surface area contributed by atoms with E-state index in [1.807, 2.05) is 30.9 Å². The van der Waals surface area contributed by atoms with Crippen LogP contribution in [-0.2, 0) is 0 Å². The minimum Gasteiger partial charge on any atom is -0.345 e. The fourth-order valence-corrected chi connectivity index (χ4v) is 0.880. The van der Waals surface area contributed by atoms with Crippen LogP contribution in [0.1, 0.15) is 0 Å². The van der Waals surface area contributed by atoms with Gasteiger partial charge in [0, 0.05) is 0 Å². The van der Waals surface area contributed by atoms with E-state index in [0.29, 0.717) is 0 Å². The molecule has 0 aliphatic rings. The van der Waals surface area contributed by atoms with E-state index in [4.69, 9.17) is 0 Å². The Hall–Kier alpha value is -0.880. The molecule has 0 bridgehead atoms. The predicted molar refractivity (Wildman–Crippen MR) is 51.7 cm³/mol. The van der Waals surface area contributed by atoms with Crippen LogP contribution in [0.5, 0.6) is 0 Å². The average molecular weight is 166 g/mol. The zero-order chi connectivity index (χ0) is 8.10. The lowest BCUT2D eigenvalue weighted by atomic mass is 10.3. The molecule has 1 N–H and O–H groups in total. The number of benzene rings is 1. The number of rotatable bonds is 0. The van der Waals surface area contributed by atoms with Crippen molar-refractivity contribution >= 4 is 20.3 Å². The first-order valence-electron chi connectivity index (χ1n) is 3.43. The molecule has 2 nitrogen and oxygen atoms in total. The minimum absolute atomic E-state index is 1.03. The Bertz CT molecular complexity index is 286. The molecule has 0 saturated heterocycles. The molecule has 1 heterocycles. The van der Waals surface area contributed by atoms with E-state index in [-0.39, 0.29) is 0 Å². The number of aromatic nitrogens is 2. The van der Waals surface area contributed by atoms with E-state index in [2.05, 4.69) is 19.2 Å². The van der Waals surface area contributed by atoms with Crippen LogP contribution in [-0.4, -0.2) is 16.6 Å². The number of nitrogens with one attached hydrogen (secondary N) is 1. The first kappa shape index (κ1) is 8.22. The van der Waals surface area contributed by atoms with Crippen molar-refractivity contribution in [2.45, 2.75) is 0 Å². The molecule has 2 aromatic rings. The van der Waals surface area contributed by atoms with Crippen molar-refractivity contribution < 1.29 is 0 Å². The normalized spacial score (nSPS) is 8.91. The van der Waals surface area contributed by atoms with E-state index >= 15 is 0 Å². The highest BCUT2D eigenvalue weighted by Gasteiger charge is 1.88. The fourth-order valence-electron chi connectivity index (χ4n) is 0.880. The third kappa shape index (κ3) is 1.78. The lowest BCUT2D eigenvalue weighted by Gasteiger charge is -1.81. The molecule has 3 heteroatoms. The van der Waals surface area contributed by atoms with Gasteiger partial charge in [0.1, 0.15) is 0 Å². The van der Waals surface area contributed by atoms with Crippen LogP contribution in [0.15, 0.2) is 30.6 Å². The van der Waals surface area contributed by atoms with Gasteiger partial charge in [-0.2, -0.15) is 0 Å². The summed E-state index contributed by atoms with van der Waals surface area (Å²) in [7, 11) is 2.42. The second kappa shape index (κ2) is 4.09. The van der Waals surface area contributed by atoms with Crippen molar-refractivity contribution in [1.82, 2.24) is 9.97 Å². The molecule has 0 aliphatic heterocycles. The standard InChI is InChI=1S/C7H6N2.CH5P/c1-2-4-7-6(3-1)8-5-9-7;1-2/h1-5H,(H,8,9);2H2,1H3. The van der Waals surface area contributed by atoms with Crippen molar-refractivity contribution in [2.75, 3.05) is 6.66 Å². The van der Waals surface area contributed by atoms with Gasteiger partial charge in [0.15, 0.2) is 0 Å². The summed E-state index contributed by atoms with van der Waals surface area (Å²) in [6, 6.07) is 7.94. The Morgan fingerprint density at radius 3 is 2.73 bits per heavy atom. The predicted octanol–water partition coefficient (Wildman–Crippen LogP) is 2.05. The van der Waals surface area contributed by atoms with Crippen LogP contribution in [0.2, 0.25) is 0 Å². The second-order valence-electron chi connectivity index (χ2n) is 1.92. The molecule has 1 aromatic heterocycles. The number of H-pyrrole nitrogens is 1. The molecule has 1 aromatic carbocycles. The lowest BCUT2D eigenvalue weighted by Crippen LogP contribution is -1.63. The number of para-hydroxylation sites is 2. The van der Waals surface area contributed by atoms with Crippen molar-refractivity contribution in [2.24, 2.45) is 0 Å². The van der Waals surface area contributed by atoms with Gasteiger partial charge < -0.3 is 4.98 Å². The molecular weight excluding hydrogens is 155 g/mol. The third-order valence-corrected chi connectivity index (χ3v) is 1.33. The highest BCUT2D eigenvalue weighted by Crippen LogP contribution is 2.05. The summed E-state index contributed by atoms with van der Waals surface area (Å²) in [5.74, 6) is 0.